The SMILES string of the molecule is CC1CNc2c(Nc3ccc(C(F)(F)F)cn3)cnn2C1. The number of nitrogens with zero attached hydrogens (tertiary/aromatic N) is 3. The molecule has 1 aliphatic heterocycles. The van der Waals surface area contributed by atoms with E-state index in [0.29, 0.717) is 17.4 Å². The van der Waals surface area contributed by atoms with Crippen LogP contribution < -0.4 is 10.6 Å². The predicted octanol–water partition coefficient (Wildman–Crippen LogP) is 3.10. The number of rotatable bonds is 2. The molecule has 21 heavy (non-hydrogen) atoms. The lowest BCUT2D eigenvalue weighted by Gasteiger charge is -2.22. The lowest BCUT2D eigenvalue weighted by molar-refractivity contribution is -0.137. The van der Waals surface area contributed by atoms with Crippen molar-refractivity contribution >= 4 is 17.3 Å². The lowest BCUT2D eigenvalue weighted by Crippen LogP contribution is -2.25. The summed E-state index contributed by atoms with van der Waals surface area (Å²) >= 11 is 0. The summed E-state index contributed by atoms with van der Waals surface area (Å²) in [6, 6.07) is 2.30. The first kappa shape index (κ1) is 13.7. The van der Waals surface area contributed by atoms with E-state index in [1.165, 1.54) is 6.07 Å². The molecule has 8 heteroatoms. The van der Waals surface area contributed by atoms with Gasteiger partial charge in [0.05, 0.1) is 11.8 Å². The van der Waals surface area contributed by atoms with E-state index in [1.54, 1.807) is 6.20 Å². The highest BCUT2D eigenvalue weighted by Gasteiger charge is 2.30. The molecule has 2 aromatic rings. The highest BCUT2D eigenvalue weighted by Crippen LogP contribution is 2.31. The first-order chi connectivity index (χ1) is 9.93. The number of alkyl halides is 3. The summed E-state index contributed by atoms with van der Waals surface area (Å²) in [6.07, 6.45) is -1.92. The molecule has 1 aliphatic rings. The molecule has 3 rings (SSSR count). The zero-order chi connectivity index (χ0) is 15.0. The molecule has 5 nitrogen and oxygen atoms in total. The van der Waals surface area contributed by atoms with Crippen molar-refractivity contribution in [2.45, 2.75) is 19.6 Å². The molecule has 3 heterocycles. The van der Waals surface area contributed by atoms with Gasteiger partial charge in [0.15, 0.2) is 0 Å². The van der Waals surface area contributed by atoms with Crippen LogP contribution in [0.25, 0.3) is 0 Å². The molecule has 0 aromatic carbocycles. The van der Waals surface area contributed by atoms with Crippen molar-refractivity contribution in [1.29, 1.82) is 0 Å². The Morgan fingerprint density at radius 1 is 1.33 bits per heavy atom. The van der Waals surface area contributed by atoms with Crippen LogP contribution in [0, 0.1) is 5.92 Å². The number of hydrogen-bond donors (Lipinski definition) is 2. The number of fused-ring (bicyclic) bond motifs is 1. The van der Waals surface area contributed by atoms with Gasteiger partial charge in [0.25, 0.3) is 0 Å². The number of halogens is 3. The fraction of sp³-hybridized carbons (Fsp3) is 0.385. The second kappa shape index (κ2) is 4.94. The van der Waals surface area contributed by atoms with Gasteiger partial charge in [-0.1, -0.05) is 6.92 Å². The van der Waals surface area contributed by atoms with Gasteiger partial charge in [-0.2, -0.15) is 18.3 Å². The maximum Gasteiger partial charge on any atom is 0.417 e. The van der Waals surface area contributed by atoms with Gasteiger partial charge in [0.2, 0.25) is 0 Å². The summed E-state index contributed by atoms with van der Waals surface area (Å²) in [5.74, 6) is 1.66. The molecule has 2 N–H and O–H groups in total. The Balaban J connectivity index is 1.78. The number of pyridine rings is 1. The Morgan fingerprint density at radius 3 is 2.81 bits per heavy atom. The molecular formula is C13H14F3N5. The van der Waals surface area contributed by atoms with Crippen LogP contribution in [0.2, 0.25) is 0 Å². The van der Waals surface area contributed by atoms with Crippen LogP contribution in [0.3, 0.4) is 0 Å². The minimum atomic E-state index is -4.37. The van der Waals surface area contributed by atoms with Gasteiger partial charge in [-0.25, -0.2) is 9.67 Å². The maximum atomic E-state index is 12.5. The van der Waals surface area contributed by atoms with Crippen LogP contribution >= 0.6 is 0 Å². The van der Waals surface area contributed by atoms with Gasteiger partial charge in [-0.3, -0.25) is 0 Å². The Morgan fingerprint density at radius 2 is 2.14 bits per heavy atom. The van der Waals surface area contributed by atoms with Crippen molar-refractivity contribution in [3.8, 4) is 0 Å². The Labute approximate surface area is 119 Å². The fourth-order valence-corrected chi connectivity index (χ4v) is 2.21. The Hall–Kier alpha value is -2.25. The molecule has 0 saturated heterocycles. The third kappa shape index (κ3) is 2.79. The molecule has 112 valence electrons. The average molecular weight is 297 g/mol. The van der Waals surface area contributed by atoms with Crippen molar-refractivity contribution in [1.82, 2.24) is 14.8 Å². The van der Waals surface area contributed by atoms with Gasteiger partial charge in [-0.05, 0) is 18.1 Å². The summed E-state index contributed by atoms with van der Waals surface area (Å²) in [5.41, 5.74) is -0.0637. The fourth-order valence-electron chi connectivity index (χ4n) is 2.21. The van der Waals surface area contributed by atoms with Crippen molar-refractivity contribution in [2.75, 3.05) is 17.2 Å². The minimum Gasteiger partial charge on any atom is -0.368 e. The number of hydrogen-bond acceptors (Lipinski definition) is 4. The molecule has 1 atom stereocenters. The molecule has 0 amide bonds. The van der Waals surface area contributed by atoms with Crippen LogP contribution in [-0.2, 0) is 12.7 Å². The molecule has 0 fully saturated rings. The van der Waals surface area contributed by atoms with Crippen LogP contribution in [0.15, 0.2) is 24.5 Å². The van der Waals surface area contributed by atoms with E-state index in [-0.39, 0.29) is 0 Å². The van der Waals surface area contributed by atoms with E-state index in [2.05, 4.69) is 27.6 Å². The number of anilines is 3. The largest absolute Gasteiger partial charge is 0.417 e. The Kier molecular flexibility index (Phi) is 3.23. The predicted molar refractivity (Wildman–Crippen MR) is 72.4 cm³/mol. The summed E-state index contributed by atoms with van der Waals surface area (Å²) in [4.78, 5) is 3.79. The van der Waals surface area contributed by atoms with Crippen molar-refractivity contribution < 1.29 is 13.2 Å². The van der Waals surface area contributed by atoms with Crippen molar-refractivity contribution in [3.63, 3.8) is 0 Å². The van der Waals surface area contributed by atoms with Crippen molar-refractivity contribution in [2.24, 2.45) is 5.92 Å². The van der Waals surface area contributed by atoms with Gasteiger partial charge < -0.3 is 10.6 Å². The second-order valence-corrected chi connectivity index (χ2v) is 5.13. The third-order valence-corrected chi connectivity index (χ3v) is 3.30. The minimum absolute atomic E-state index is 0.347. The van der Waals surface area contributed by atoms with Crippen LogP contribution in [0.1, 0.15) is 12.5 Å². The van der Waals surface area contributed by atoms with E-state index in [9.17, 15) is 13.2 Å². The molecule has 0 spiro atoms. The molecular weight excluding hydrogens is 283 g/mol. The van der Waals surface area contributed by atoms with E-state index >= 15 is 0 Å². The average Bonchev–Trinajstić information content (AvgIpc) is 2.80. The molecule has 0 aliphatic carbocycles. The molecule has 0 saturated carbocycles. The first-order valence-corrected chi connectivity index (χ1v) is 6.53. The van der Waals surface area contributed by atoms with E-state index < -0.39 is 11.7 Å². The normalized spacial score (nSPS) is 18.0. The summed E-state index contributed by atoms with van der Waals surface area (Å²) in [6.45, 7) is 3.76. The van der Waals surface area contributed by atoms with Crippen molar-refractivity contribution in [3.05, 3.63) is 30.1 Å². The molecule has 2 aromatic heterocycles. The van der Waals surface area contributed by atoms with Crippen LogP contribution in [-0.4, -0.2) is 21.3 Å². The second-order valence-electron chi connectivity index (χ2n) is 5.13. The van der Waals surface area contributed by atoms with Crippen LogP contribution in [0.5, 0.6) is 0 Å². The summed E-state index contributed by atoms with van der Waals surface area (Å²) < 4.78 is 39.3. The summed E-state index contributed by atoms with van der Waals surface area (Å²) in [5, 5.41) is 10.5. The van der Waals surface area contributed by atoms with Gasteiger partial charge in [0, 0.05) is 19.3 Å². The lowest BCUT2D eigenvalue weighted by atomic mass is 10.1. The topological polar surface area (TPSA) is 54.8 Å². The van der Waals surface area contributed by atoms with Crippen LogP contribution in [0.4, 0.5) is 30.5 Å². The highest BCUT2D eigenvalue weighted by atomic mass is 19.4. The van der Waals surface area contributed by atoms with Gasteiger partial charge >= 0.3 is 6.18 Å². The standard InChI is InChI=1S/C13H14F3N5/c1-8-4-18-12-10(6-19-21(12)7-8)20-11-3-2-9(5-17-11)13(14,15)16/h2-3,5-6,8,18H,4,7H2,1H3,(H,17,20). The summed E-state index contributed by atoms with van der Waals surface area (Å²) in [7, 11) is 0. The molecule has 0 bridgehead atoms. The number of aromatic nitrogens is 3. The maximum absolute atomic E-state index is 12.5. The zero-order valence-corrected chi connectivity index (χ0v) is 11.3. The van der Waals surface area contributed by atoms with E-state index in [4.69, 9.17) is 0 Å². The highest BCUT2D eigenvalue weighted by molar-refractivity contribution is 5.70. The number of nitrogens with one attached hydrogen (secondary N) is 2. The monoisotopic (exact) mass is 297 g/mol. The van der Waals surface area contributed by atoms with Gasteiger partial charge in [-0.15, -0.1) is 0 Å². The smallest absolute Gasteiger partial charge is 0.368 e. The molecule has 0 radical (unpaired) electrons. The first-order valence-electron chi connectivity index (χ1n) is 6.53. The molecule has 1 unspecified atom stereocenters. The van der Waals surface area contributed by atoms with E-state index in [0.717, 1.165) is 31.2 Å². The third-order valence-electron chi connectivity index (χ3n) is 3.30. The van der Waals surface area contributed by atoms with E-state index in [1.807, 2.05) is 4.68 Å². The van der Waals surface area contributed by atoms with Gasteiger partial charge in [0.1, 0.15) is 17.3 Å². The Bertz CT molecular complexity index is 632. The quantitative estimate of drug-likeness (QED) is 0.894. The zero-order valence-electron chi connectivity index (χ0n) is 11.3.